The lowest BCUT2D eigenvalue weighted by Gasteiger charge is -2.07. The molecule has 2 nitrogen and oxygen atoms in total. The maximum absolute atomic E-state index is 9.32. The zero-order valence-electron chi connectivity index (χ0n) is 11.1. The van der Waals surface area contributed by atoms with Gasteiger partial charge < -0.3 is 5.11 Å². The van der Waals surface area contributed by atoms with Crippen LogP contribution in [-0.4, -0.2) is 16.7 Å². The van der Waals surface area contributed by atoms with Crippen LogP contribution in [0.2, 0.25) is 0 Å². The second-order valence-electron chi connectivity index (χ2n) is 4.68. The first-order valence-corrected chi connectivity index (χ1v) is 7.17. The Kier molecular flexibility index (Phi) is 4.15. The molecule has 0 saturated carbocycles. The third kappa shape index (κ3) is 2.62. The fourth-order valence-electron chi connectivity index (χ4n) is 1.99. The molecule has 1 unspecified atom stereocenters. The van der Waals surface area contributed by atoms with Crippen molar-refractivity contribution in [3.05, 3.63) is 39.7 Å². The molecule has 0 aliphatic rings. The zero-order valence-corrected chi connectivity index (χ0v) is 11.9. The smallest absolute Gasteiger partial charge is 0.0986 e. The highest BCUT2D eigenvalue weighted by molar-refractivity contribution is 7.10. The highest BCUT2D eigenvalue weighted by Gasteiger charge is 2.14. The molecular formula is C15H19NOS. The minimum absolute atomic E-state index is 0.175. The average molecular weight is 261 g/mol. The second kappa shape index (κ2) is 5.63. The molecule has 1 aromatic carbocycles. The Morgan fingerprint density at radius 2 is 2.11 bits per heavy atom. The minimum atomic E-state index is 0.175. The number of nitrogens with zero attached hydrogens (tertiary/aromatic N) is 1. The molecule has 0 spiro atoms. The maximum atomic E-state index is 9.32. The lowest BCUT2D eigenvalue weighted by molar-refractivity contribution is 0.262. The number of hydrogen-bond donors (Lipinski definition) is 1. The Hall–Kier alpha value is -1.19. The van der Waals surface area contributed by atoms with Gasteiger partial charge in [0, 0.05) is 16.9 Å². The van der Waals surface area contributed by atoms with Crippen molar-refractivity contribution < 1.29 is 5.11 Å². The van der Waals surface area contributed by atoms with Gasteiger partial charge in [0.15, 0.2) is 0 Å². The van der Waals surface area contributed by atoms with Gasteiger partial charge in [0.2, 0.25) is 0 Å². The molecule has 0 bridgehead atoms. The second-order valence-corrected chi connectivity index (χ2v) is 5.57. The number of thiazole rings is 1. The van der Waals surface area contributed by atoms with Gasteiger partial charge in [0.25, 0.3) is 0 Å². The first kappa shape index (κ1) is 13.2. The van der Waals surface area contributed by atoms with Gasteiger partial charge in [0.05, 0.1) is 17.3 Å². The van der Waals surface area contributed by atoms with E-state index in [1.54, 1.807) is 11.3 Å². The fourth-order valence-corrected chi connectivity index (χ4v) is 2.99. The zero-order chi connectivity index (χ0) is 13.1. The predicted molar refractivity (Wildman–Crippen MR) is 77.1 cm³/mol. The van der Waals surface area contributed by atoms with Crippen molar-refractivity contribution >= 4 is 11.3 Å². The van der Waals surface area contributed by atoms with Gasteiger partial charge in [-0.25, -0.2) is 4.98 Å². The van der Waals surface area contributed by atoms with E-state index in [0.29, 0.717) is 0 Å². The standard InChI is InChI=1S/C15H19NOS/c1-4-12(8-17)15-16-14(9-18-15)13-7-10(2)5-6-11(13)3/h5-7,9,12,17H,4,8H2,1-3H3. The fraction of sp³-hybridized carbons (Fsp3) is 0.400. The van der Waals surface area contributed by atoms with E-state index in [-0.39, 0.29) is 12.5 Å². The molecule has 0 amide bonds. The number of hydrogen-bond acceptors (Lipinski definition) is 3. The number of rotatable bonds is 4. The molecule has 0 aliphatic heterocycles. The molecule has 2 rings (SSSR count). The maximum Gasteiger partial charge on any atom is 0.0986 e. The molecule has 0 aliphatic carbocycles. The summed E-state index contributed by atoms with van der Waals surface area (Å²) in [7, 11) is 0. The Labute approximate surface area is 112 Å². The Morgan fingerprint density at radius 1 is 1.33 bits per heavy atom. The summed E-state index contributed by atoms with van der Waals surface area (Å²) in [5.41, 5.74) is 4.72. The number of benzene rings is 1. The van der Waals surface area contributed by atoms with Crippen molar-refractivity contribution in [3.8, 4) is 11.3 Å². The van der Waals surface area contributed by atoms with Gasteiger partial charge in [-0.3, -0.25) is 0 Å². The molecule has 3 heteroatoms. The molecule has 18 heavy (non-hydrogen) atoms. The molecule has 96 valence electrons. The summed E-state index contributed by atoms with van der Waals surface area (Å²) in [6.45, 7) is 6.46. The summed E-state index contributed by atoms with van der Waals surface area (Å²) in [5, 5.41) is 12.5. The molecule has 1 heterocycles. The van der Waals surface area contributed by atoms with Crippen molar-refractivity contribution in [2.75, 3.05) is 6.61 Å². The third-order valence-electron chi connectivity index (χ3n) is 3.25. The van der Waals surface area contributed by atoms with E-state index >= 15 is 0 Å². The number of aryl methyl sites for hydroxylation is 2. The van der Waals surface area contributed by atoms with E-state index in [9.17, 15) is 5.11 Å². The number of aliphatic hydroxyl groups is 1. The van der Waals surface area contributed by atoms with Crippen molar-refractivity contribution in [1.29, 1.82) is 0 Å². The molecule has 2 aromatic rings. The molecule has 0 radical (unpaired) electrons. The molecule has 0 fully saturated rings. The topological polar surface area (TPSA) is 33.1 Å². The SMILES string of the molecule is CCC(CO)c1nc(-c2cc(C)ccc2C)cs1. The summed E-state index contributed by atoms with van der Waals surface area (Å²) in [6.07, 6.45) is 0.927. The monoisotopic (exact) mass is 261 g/mol. The van der Waals surface area contributed by atoms with E-state index < -0.39 is 0 Å². The first-order chi connectivity index (χ1) is 8.65. The third-order valence-corrected chi connectivity index (χ3v) is 4.26. The Balaban J connectivity index is 2.37. The van der Waals surface area contributed by atoms with E-state index in [1.165, 1.54) is 16.7 Å². The quantitative estimate of drug-likeness (QED) is 0.905. The van der Waals surface area contributed by atoms with E-state index in [2.05, 4.69) is 49.3 Å². The van der Waals surface area contributed by atoms with Crippen LogP contribution in [0.3, 0.4) is 0 Å². The largest absolute Gasteiger partial charge is 0.396 e. The van der Waals surface area contributed by atoms with Crippen LogP contribution in [0.5, 0.6) is 0 Å². The summed E-state index contributed by atoms with van der Waals surface area (Å²) in [5.74, 6) is 0.175. The molecule has 1 aromatic heterocycles. The number of aromatic nitrogens is 1. The van der Waals surface area contributed by atoms with Gasteiger partial charge in [-0.15, -0.1) is 11.3 Å². The Morgan fingerprint density at radius 3 is 2.78 bits per heavy atom. The van der Waals surface area contributed by atoms with Crippen LogP contribution >= 0.6 is 11.3 Å². The average Bonchev–Trinajstić information content (AvgIpc) is 2.83. The first-order valence-electron chi connectivity index (χ1n) is 6.29. The van der Waals surface area contributed by atoms with Crippen molar-refractivity contribution in [2.24, 2.45) is 0 Å². The summed E-state index contributed by atoms with van der Waals surface area (Å²) in [4.78, 5) is 4.68. The van der Waals surface area contributed by atoms with Crippen LogP contribution in [0.4, 0.5) is 0 Å². The lowest BCUT2D eigenvalue weighted by Crippen LogP contribution is -2.01. The highest BCUT2D eigenvalue weighted by Crippen LogP contribution is 2.30. The van der Waals surface area contributed by atoms with E-state index in [0.717, 1.165) is 17.1 Å². The Bertz CT molecular complexity index is 529. The normalized spacial score (nSPS) is 12.7. The van der Waals surface area contributed by atoms with Crippen molar-refractivity contribution in [2.45, 2.75) is 33.1 Å². The molecular weight excluding hydrogens is 242 g/mol. The van der Waals surface area contributed by atoms with E-state index in [1.807, 2.05) is 0 Å². The van der Waals surface area contributed by atoms with Crippen LogP contribution in [0.15, 0.2) is 23.6 Å². The lowest BCUT2D eigenvalue weighted by atomic mass is 10.0. The molecule has 0 saturated heterocycles. The highest BCUT2D eigenvalue weighted by atomic mass is 32.1. The van der Waals surface area contributed by atoms with Gasteiger partial charge >= 0.3 is 0 Å². The summed E-state index contributed by atoms with van der Waals surface area (Å²) >= 11 is 1.65. The summed E-state index contributed by atoms with van der Waals surface area (Å²) in [6, 6.07) is 6.43. The van der Waals surface area contributed by atoms with Crippen LogP contribution < -0.4 is 0 Å². The summed E-state index contributed by atoms with van der Waals surface area (Å²) < 4.78 is 0. The van der Waals surface area contributed by atoms with Gasteiger partial charge in [-0.05, 0) is 31.9 Å². The number of aliphatic hydroxyl groups excluding tert-OH is 1. The van der Waals surface area contributed by atoms with Crippen molar-refractivity contribution in [1.82, 2.24) is 4.98 Å². The molecule has 1 atom stereocenters. The van der Waals surface area contributed by atoms with Gasteiger partial charge in [0.1, 0.15) is 0 Å². The minimum Gasteiger partial charge on any atom is -0.396 e. The van der Waals surface area contributed by atoms with Gasteiger partial charge in [-0.2, -0.15) is 0 Å². The molecule has 1 N–H and O–H groups in total. The predicted octanol–water partition coefficient (Wildman–Crippen LogP) is 3.91. The van der Waals surface area contributed by atoms with Crippen LogP contribution in [0.25, 0.3) is 11.3 Å². The van der Waals surface area contributed by atoms with Crippen LogP contribution in [-0.2, 0) is 0 Å². The van der Waals surface area contributed by atoms with E-state index in [4.69, 9.17) is 0 Å². The van der Waals surface area contributed by atoms with Crippen LogP contribution in [0.1, 0.15) is 35.4 Å². The van der Waals surface area contributed by atoms with Gasteiger partial charge in [-0.1, -0.05) is 24.6 Å². The van der Waals surface area contributed by atoms with Crippen LogP contribution in [0, 0.1) is 13.8 Å². The van der Waals surface area contributed by atoms with Crippen molar-refractivity contribution in [3.63, 3.8) is 0 Å².